The molecule has 26 heavy (non-hydrogen) atoms. The van der Waals surface area contributed by atoms with Crippen molar-refractivity contribution in [1.82, 2.24) is 5.06 Å². The molecule has 4 atom stereocenters. The molecule has 2 bridgehead atoms. The van der Waals surface area contributed by atoms with Crippen LogP contribution in [0, 0.1) is 11.8 Å². The number of carbonyl (C=O) groups excluding carboxylic acids is 1. The number of unbranched alkanes of at least 4 members (excludes halogenated alkanes) is 4. The summed E-state index contributed by atoms with van der Waals surface area (Å²) in [6, 6.07) is 0. The van der Waals surface area contributed by atoms with Crippen molar-refractivity contribution in [3.05, 3.63) is 0 Å². The summed E-state index contributed by atoms with van der Waals surface area (Å²) in [6.07, 6.45) is 9.86. The fraction of sp³-hybridized carbons (Fsp3) is 0.950. The maximum atomic E-state index is 11.3. The van der Waals surface area contributed by atoms with Gasteiger partial charge in [0.25, 0.3) is 0 Å². The van der Waals surface area contributed by atoms with Crippen LogP contribution in [-0.4, -0.2) is 61.9 Å². The first-order valence-electron chi connectivity index (χ1n) is 10.4. The molecule has 2 aliphatic heterocycles. The zero-order valence-electron chi connectivity index (χ0n) is 16.5. The quantitative estimate of drug-likeness (QED) is 0.288. The molecule has 0 aromatic heterocycles. The largest absolute Gasteiger partial charge is 0.381 e. The molecule has 2 heterocycles. The molecule has 1 amide bonds. The van der Waals surface area contributed by atoms with E-state index < -0.39 is 0 Å². The van der Waals surface area contributed by atoms with Gasteiger partial charge in [-0.15, -0.1) is 0 Å². The van der Waals surface area contributed by atoms with Gasteiger partial charge in [0.05, 0.1) is 25.4 Å². The highest BCUT2D eigenvalue weighted by atomic mass is 16.5. The van der Waals surface area contributed by atoms with Gasteiger partial charge in [0.15, 0.2) is 0 Å². The van der Waals surface area contributed by atoms with E-state index in [1.54, 1.807) is 0 Å². The van der Waals surface area contributed by atoms with Crippen LogP contribution in [0.25, 0.3) is 0 Å². The van der Waals surface area contributed by atoms with Crippen molar-refractivity contribution in [2.75, 3.05) is 33.5 Å². The van der Waals surface area contributed by atoms with Crippen LogP contribution in [0.1, 0.15) is 64.7 Å². The molecule has 0 saturated carbocycles. The Morgan fingerprint density at radius 2 is 1.58 bits per heavy atom. The summed E-state index contributed by atoms with van der Waals surface area (Å²) in [5.74, 6) is 0.654. The highest BCUT2D eigenvalue weighted by molar-refractivity contribution is 5.74. The summed E-state index contributed by atoms with van der Waals surface area (Å²) >= 11 is 0. The first-order valence-corrected chi connectivity index (χ1v) is 10.4. The molecule has 0 aliphatic carbocycles. The Labute approximate surface area is 158 Å². The monoisotopic (exact) mass is 371 g/mol. The van der Waals surface area contributed by atoms with Crippen molar-refractivity contribution in [3.8, 4) is 0 Å². The minimum Gasteiger partial charge on any atom is -0.381 e. The van der Waals surface area contributed by atoms with Crippen LogP contribution in [0.5, 0.6) is 0 Å². The summed E-state index contributed by atoms with van der Waals surface area (Å²) in [5.41, 5.74) is 0. The van der Waals surface area contributed by atoms with Crippen LogP contribution >= 0.6 is 0 Å². The van der Waals surface area contributed by atoms with Crippen LogP contribution in [-0.2, 0) is 19.0 Å². The zero-order valence-corrected chi connectivity index (χ0v) is 16.5. The molecular formula is C20H37NO5. The number of hydroxylamine groups is 2. The van der Waals surface area contributed by atoms with Gasteiger partial charge in [-0.05, 0) is 32.1 Å². The molecule has 0 aromatic carbocycles. The number of amides is 1. The van der Waals surface area contributed by atoms with Gasteiger partial charge in [0, 0.05) is 38.5 Å². The van der Waals surface area contributed by atoms with E-state index in [1.807, 2.05) is 0 Å². The van der Waals surface area contributed by atoms with Gasteiger partial charge < -0.3 is 14.2 Å². The zero-order chi connectivity index (χ0) is 18.8. The van der Waals surface area contributed by atoms with Crippen molar-refractivity contribution >= 4 is 5.91 Å². The van der Waals surface area contributed by atoms with Crippen LogP contribution < -0.4 is 0 Å². The Bertz CT molecular complexity index is 404. The van der Waals surface area contributed by atoms with Crippen molar-refractivity contribution in [2.24, 2.45) is 11.8 Å². The molecule has 6 heteroatoms. The standard InChI is InChI=1S/C20H37NO5/c1-3-4-5-7-12-24-14-16-17(19-11-10-18(16)26-19)15-25-13-8-6-9-20(22)21(2)23/h16-19,23H,3-15H2,1-2H3/t16-,17+,18-,19+/m0/s1. The third kappa shape index (κ3) is 6.80. The lowest BCUT2D eigenvalue weighted by molar-refractivity contribution is -0.159. The van der Waals surface area contributed by atoms with E-state index in [9.17, 15) is 4.79 Å². The Morgan fingerprint density at radius 1 is 1.00 bits per heavy atom. The second-order valence-corrected chi connectivity index (χ2v) is 7.70. The minimum atomic E-state index is -0.248. The number of carbonyl (C=O) groups is 1. The summed E-state index contributed by atoms with van der Waals surface area (Å²) in [5, 5.41) is 9.67. The second kappa shape index (κ2) is 11.9. The third-order valence-corrected chi connectivity index (χ3v) is 5.64. The van der Waals surface area contributed by atoms with Crippen molar-refractivity contribution in [1.29, 1.82) is 0 Å². The normalized spacial score (nSPS) is 27.2. The molecule has 2 aliphatic rings. The van der Waals surface area contributed by atoms with E-state index >= 15 is 0 Å². The molecule has 0 aromatic rings. The summed E-state index contributed by atoms with van der Waals surface area (Å²) in [4.78, 5) is 11.3. The molecule has 0 radical (unpaired) electrons. The van der Waals surface area contributed by atoms with E-state index in [2.05, 4.69) is 6.92 Å². The number of ether oxygens (including phenoxy) is 3. The number of rotatable bonds is 14. The number of hydrogen-bond acceptors (Lipinski definition) is 5. The summed E-state index contributed by atoms with van der Waals surface area (Å²) in [6.45, 7) is 5.24. The van der Waals surface area contributed by atoms with Crippen molar-refractivity contribution < 1.29 is 24.2 Å². The lowest BCUT2D eigenvalue weighted by Crippen LogP contribution is -2.34. The van der Waals surface area contributed by atoms with E-state index in [4.69, 9.17) is 19.4 Å². The van der Waals surface area contributed by atoms with E-state index in [0.29, 0.717) is 42.1 Å². The average molecular weight is 372 g/mol. The Kier molecular flexibility index (Phi) is 9.89. The topological polar surface area (TPSA) is 68.2 Å². The van der Waals surface area contributed by atoms with Crippen LogP contribution in [0.4, 0.5) is 0 Å². The molecular weight excluding hydrogens is 334 g/mol. The molecule has 1 N–H and O–H groups in total. The molecule has 2 saturated heterocycles. The van der Waals surface area contributed by atoms with Crippen LogP contribution in [0.2, 0.25) is 0 Å². The second-order valence-electron chi connectivity index (χ2n) is 7.70. The number of nitrogens with zero attached hydrogens (tertiary/aromatic N) is 1. The summed E-state index contributed by atoms with van der Waals surface area (Å²) in [7, 11) is 1.36. The maximum absolute atomic E-state index is 11.3. The lowest BCUT2D eigenvalue weighted by atomic mass is 9.80. The Morgan fingerprint density at radius 3 is 2.12 bits per heavy atom. The van der Waals surface area contributed by atoms with Gasteiger partial charge in [-0.3, -0.25) is 10.0 Å². The fourth-order valence-corrected chi connectivity index (χ4v) is 4.04. The fourth-order valence-electron chi connectivity index (χ4n) is 4.04. The van der Waals surface area contributed by atoms with E-state index in [1.165, 1.54) is 26.3 Å². The first kappa shape index (κ1) is 21.6. The van der Waals surface area contributed by atoms with Gasteiger partial charge in [0.1, 0.15) is 0 Å². The third-order valence-electron chi connectivity index (χ3n) is 5.64. The van der Waals surface area contributed by atoms with E-state index in [0.717, 1.165) is 51.9 Å². The van der Waals surface area contributed by atoms with Crippen molar-refractivity contribution in [3.63, 3.8) is 0 Å². The lowest BCUT2D eigenvalue weighted by Gasteiger charge is -2.27. The predicted octanol–water partition coefficient (Wildman–Crippen LogP) is 3.41. The van der Waals surface area contributed by atoms with Gasteiger partial charge in [-0.2, -0.15) is 0 Å². The van der Waals surface area contributed by atoms with Crippen LogP contribution in [0.3, 0.4) is 0 Å². The molecule has 0 unspecified atom stereocenters. The van der Waals surface area contributed by atoms with Gasteiger partial charge >= 0.3 is 0 Å². The molecule has 6 nitrogen and oxygen atoms in total. The number of hydrogen-bond donors (Lipinski definition) is 1. The molecule has 152 valence electrons. The maximum Gasteiger partial charge on any atom is 0.245 e. The van der Waals surface area contributed by atoms with Gasteiger partial charge in [0.2, 0.25) is 5.91 Å². The van der Waals surface area contributed by atoms with Crippen LogP contribution in [0.15, 0.2) is 0 Å². The smallest absolute Gasteiger partial charge is 0.245 e. The number of fused-ring (bicyclic) bond motifs is 2. The first-order chi connectivity index (χ1) is 12.6. The average Bonchev–Trinajstić information content (AvgIpc) is 3.22. The molecule has 2 fully saturated rings. The van der Waals surface area contributed by atoms with Gasteiger partial charge in [-0.1, -0.05) is 26.2 Å². The Balaban J connectivity index is 1.58. The SMILES string of the molecule is CCCCCCOC[C@H]1[C@@H](COCCCCC(=O)N(C)O)[C@H]2CC[C@@H]1O2. The highest BCUT2D eigenvalue weighted by Gasteiger charge is 2.48. The Hall–Kier alpha value is -0.690. The van der Waals surface area contributed by atoms with Gasteiger partial charge in [-0.25, -0.2) is 5.06 Å². The molecule has 0 spiro atoms. The predicted molar refractivity (Wildman–Crippen MR) is 99.1 cm³/mol. The highest BCUT2D eigenvalue weighted by Crippen LogP contribution is 2.43. The minimum absolute atomic E-state index is 0.248. The molecule has 2 rings (SSSR count). The summed E-state index contributed by atoms with van der Waals surface area (Å²) < 4.78 is 17.9. The van der Waals surface area contributed by atoms with Crippen molar-refractivity contribution in [2.45, 2.75) is 76.9 Å². The van der Waals surface area contributed by atoms with E-state index in [-0.39, 0.29) is 5.91 Å².